The number of fused-ring (bicyclic) bond motifs is 1. The molecule has 0 aliphatic carbocycles. The van der Waals surface area contributed by atoms with E-state index in [0.29, 0.717) is 5.52 Å². The number of nitrogens with zero attached hydrogens (tertiary/aromatic N) is 3. The number of hydrogen-bond acceptors (Lipinski definition) is 2. The van der Waals surface area contributed by atoms with Crippen LogP contribution in [0.4, 0.5) is 15.0 Å². The third-order valence-electron chi connectivity index (χ3n) is 4.37. The number of rotatable bonds is 3. The first kappa shape index (κ1) is 20.4. The molecule has 0 atom stereocenters. The smallest absolute Gasteiger partial charge is 0.206 e. The maximum Gasteiger partial charge on any atom is 0.206 e. The number of halogens is 2. The van der Waals surface area contributed by atoms with Crippen molar-refractivity contribution in [3.63, 3.8) is 0 Å². The van der Waals surface area contributed by atoms with E-state index >= 15 is 0 Å². The van der Waals surface area contributed by atoms with E-state index in [0.717, 1.165) is 30.5 Å². The van der Waals surface area contributed by atoms with E-state index in [9.17, 15) is 4.39 Å². The zero-order chi connectivity index (χ0) is 17.0. The summed E-state index contributed by atoms with van der Waals surface area (Å²) in [4.78, 5) is 6.79. The molecule has 24 heavy (non-hydrogen) atoms. The number of anilines is 1. The lowest BCUT2D eigenvalue weighted by Gasteiger charge is -2.20. The Bertz CT molecular complexity index is 629. The summed E-state index contributed by atoms with van der Waals surface area (Å²) in [6, 6.07) is 5.47. The van der Waals surface area contributed by atoms with Gasteiger partial charge in [0.25, 0.3) is 0 Å². The summed E-state index contributed by atoms with van der Waals surface area (Å²) in [5.41, 5.74) is 1.39. The van der Waals surface area contributed by atoms with Gasteiger partial charge in [0.2, 0.25) is 5.95 Å². The molecule has 0 amide bonds. The fraction of sp³-hybridized carbons (Fsp3) is 0.632. The first-order valence-electron chi connectivity index (χ1n) is 8.87. The van der Waals surface area contributed by atoms with E-state index in [1.807, 2.05) is 6.07 Å². The average Bonchev–Trinajstić information content (AvgIpc) is 3.15. The Morgan fingerprint density at radius 3 is 2.21 bits per heavy atom. The van der Waals surface area contributed by atoms with E-state index in [4.69, 9.17) is 0 Å². The second-order valence-corrected chi connectivity index (χ2v) is 6.98. The maximum atomic E-state index is 13.8. The van der Waals surface area contributed by atoms with Gasteiger partial charge in [0.05, 0.1) is 5.52 Å². The number of imidazole rings is 1. The summed E-state index contributed by atoms with van der Waals surface area (Å²) in [5, 5.41) is 0. The number of hydrogen-bond donors (Lipinski definition) is 0. The summed E-state index contributed by atoms with van der Waals surface area (Å²) in [7, 11) is 0. The average molecular weight is 339 g/mol. The van der Waals surface area contributed by atoms with E-state index in [-0.39, 0.29) is 16.6 Å². The van der Waals surface area contributed by atoms with Crippen LogP contribution in [0.2, 0.25) is 0 Å². The van der Waals surface area contributed by atoms with Crippen LogP contribution in [-0.2, 0) is 0 Å². The second kappa shape index (κ2) is 9.00. The van der Waals surface area contributed by atoms with Crippen molar-refractivity contribution in [2.24, 2.45) is 5.92 Å². The van der Waals surface area contributed by atoms with Gasteiger partial charge in [-0.15, -0.1) is 0 Å². The minimum Gasteiger partial charge on any atom is -0.342 e. The van der Waals surface area contributed by atoms with Gasteiger partial charge in [-0.2, -0.15) is 0 Å². The Labute approximate surface area is 144 Å². The zero-order valence-corrected chi connectivity index (χ0v) is 15.6. The molecule has 3 rings (SSSR count). The zero-order valence-electron chi connectivity index (χ0n) is 15.6. The van der Waals surface area contributed by atoms with Crippen LogP contribution < -0.4 is 4.90 Å². The fourth-order valence-electron chi connectivity index (χ4n) is 2.72. The highest BCUT2D eigenvalue weighted by Crippen LogP contribution is 2.29. The molecule has 136 valence electrons. The van der Waals surface area contributed by atoms with Gasteiger partial charge in [0.1, 0.15) is 5.52 Å². The molecule has 0 N–H and O–H groups in total. The molecular weight excluding hydrogens is 308 g/mol. The Kier molecular flexibility index (Phi) is 7.64. The molecular formula is C19H31F2N3. The SMILES string of the molecule is CC(C)n1c(N2CCCC2)nc2c(F)cccc21.CCC(C)C.F. The van der Waals surface area contributed by atoms with Crippen molar-refractivity contribution < 1.29 is 9.09 Å². The lowest BCUT2D eigenvalue weighted by molar-refractivity contribution is 0.609. The molecule has 5 heteroatoms. The first-order valence-corrected chi connectivity index (χ1v) is 8.87. The molecule has 1 aromatic carbocycles. The Balaban J connectivity index is 0.000000425. The highest BCUT2D eigenvalue weighted by atomic mass is 19.1. The van der Waals surface area contributed by atoms with Crippen LogP contribution in [0.25, 0.3) is 11.0 Å². The second-order valence-electron chi connectivity index (χ2n) is 6.98. The Morgan fingerprint density at radius 2 is 1.71 bits per heavy atom. The highest BCUT2D eigenvalue weighted by Gasteiger charge is 2.22. The van der Waals surface area contributed by atoms with Crippen molar-refractivity contribution in [2.45, 2.75) is 59.9 Å². The molecule has 1 saturated heterocycles. The minimum atomic E-state index is -0.229. The summed E-state index contributed by atoms with van der Waals surface area (Å²) in [6.07, 6.45) is 3.70. The summed E-state index contributed by atoms with van der Waals surface area (Å²) >= 11 is 0. The van der Waals surface area contributed by atoms with Crippen LogP contribution in [0, 0.1) is 11.7 Å². The largest absolute Gasteiger partial charge is 0.342 e. The fourth-order valence-corrected chi connectivity index (χ4v) is 2.72. The molecule has 0 bridgehead atoms. The van der Waals surface area contributed by atoms with E-state index in [1.54, 1.807) is 6.07 Å². The topological polar surface area (TPSA) is 21.1 Å². The van der Waals surface area contributed by atoms with Crippen LogP contribution in [0.15, 0.2) is 18.2 Å². The lowest BCUT2D eigenvalue weighted by atomic mass is 10.2. The van der Waals surface area contributed by atoms with Crippen molar-refractivity contribution >= 4 is 17.0 Å². The number of benzene rings is 1. The van der Waals surface area contributed by atoms with Crippen molar-refractivity contribution in [3.05, 3.63) is 24.0 Å². The standard InChI is InChI=1S/C14H18FN3.C5H12.FH/c1-10(2)18-12-7-5-6-11(15)13(12)16-14(18)17-8-3-4-9-17;1-4-5(2)3;/h5-7,10H,3-4,8-9H2,1-2H3;5H,4H2,1-3H3;1H. The molecule has 0 radical (unpaired) electrons. The molecule has 1 aliphatic rings. The molecule has 3 nitrogen and oxygen atoms in total. The van der Waals surface area contributed by atoms with E-state index < -0.39 is 0 Å². The predicted octanol–water partition coefficient (Wildman–Crippen LogP) is 5.56. The third kappa shape index (κ3) is 4.46. The van der Waals surface area contributed by atoms with Crippen LogP contribution in [0.3, 0.4) is 0 Å². The highest BCUT2D eigenvalue weighted by molar-refractivity contribution is 5.79. The van der Waals surface area contributed by atoms with Gasteiger partial charge in [0.15, 0.2) is 5.82 Å². The van der Waals surface area contributed by atoms with Crippen LogP contribution >= 0.6 is 0 Å². The normalized spacial score (nSPS) is 14.1. The molecule has 0 spiro atoms. The van der Waals surface area contributed by atoms with E-state index in [1.165, 1.54) is 25.3 Å². The van der Waals surface area contributed by atoms with Gasteiger partial charge in [-0.1, -0.05) is 33.3 Å². The van der Waals surface area contributed by atoms with Crippen LogP contribution in [0.5, 0.6) is 0 Å². The maximum absolute atomic E-state index is 13.8. The van der Waals surface area contributed by atoms with E-state index in [2.05, 4.69) is 49.1 Å². The van der Waals surface area contributed by atoms with Crippen LogP contribution in [-0.4, -0.2) is 22.6 Å². The van der Waals surface area contributed by atoms with Gasteiger partial charge in [0, 0.05) is 19.1 Å². The van der Waals surface area contributed by atoms with Crippen molar-refractivity contribution in [1.29, 1.82) is 0 Å². The molecule has 1 fully saturated rings. The predicted molar refractivity (Wildman–Crippen MR) is 99.2 cm³/mol. The molecule has 0 unspecified atom stereocenters. The van der Waals surface area contributed by atoms with Gasteiger partial charge < -0.3 is 9.47 Å². The molecule has 2 heterocycles. The van der Waals surface area contributed by atoms with Crippen LogP contribution in [0.1, 0.15) is 59.9 Å². The summed E-state index contributed by atoms with van der Waals surface area (Å²) in [6.45, 7) is 12.9. The minimum absolute atomic E-state index is 0. The third-order valence-corrected chi connectivity index (χ3v) is 4.37. The number of para-hydroxylation sites is 1. The van der Waals surface area contributed by atoms with Gasteiger partial charge in [-0.3, -0.25) is 4.70 Å². The van der Waals surface area contributed by atoms with Gasteiger partial charge in [-0.05, 0) is 44.7 Å². The molecule has 0 saturated carbocycles. The number of aromatic nitrogens is 2. The molecule has 1 aromatic heterocycles. The molecule has 2 aromatic rings. The lowest BCUT2D eigenvalue weighted by Crippen LogP contribution is -2.22. The van der Waals surface area contributed by atoms with Gasteiger partial charge in [-0.25, -0.2) is 9.37 Å². The Morgan fingerprint density at radius 1 is 1.12 bits per heavy atom. The Hall–Kier alpha value is -1.65. The summed E-state index contributed by atoms with van der Waals surface area (Å²) in [5.74, 6) is 1.57. The molecule has 1 aliphatic heterocycles. The quantitative estimate of drug-likeness (QED) is 0.730. The first-order chi connectivity index (χ1) is 11.0. The van der Waals surface area contributed by atoms with Crippen molar-refractivity contribution in [1.82, 2.24) is 9.55 Å². The van der Waals surface area contributed by atoms with Crippen molar-refractivity contribution in [2.75, 3.05) is 18.0 Å². The van der Waals surface area contributed by atoms with Gasteiger partial charge >= 0.3 is 0 Å². The monoisotopic (exact) mass is 339 g/mol. The van der Waals surface area contributed by atoms with Crippen molar-refractivity contribution in [3.8, 4) is 0 Å². The summed E-state index contributed by atoms with van der Waals surface area (Å²) < 4.78 is 16.0.